The van der Waals surface area contributed by atoms with Crippen LogP contribution in [0.15, 0.2) is 24.3 Å². The van der Waals surface area contributed by atoms with Gasteiger partial charge in [0, 0.05) is 18.7 Å². The van der Waals surface area contributed by atoms with Crippen molar-refractivity contribution in [2.45, 2.75) is 47.2 Å². The van der Waals surface area contributed by atoms with Gasteiger partial charge in [0.15, 0.2) is 0 Å². The third-order valence-electron chi connectivity index (χ3n) is 3.37. The predicted octanol–water partition coefficient (Wildman–Crippen LogP) is 3.69. The van der Waals surface area contributed by atoms with Crippen LogP contribution in [0, 0.1) is 20.8 Å². The lowest BCUT2D eigenvalue weighted by Crippen LogP contribution is -2.22. The van der Waals surface area contributed by atoms with Crippen LogP contribution >= 0.6 is 0 Å². The minimum Gasteiger partial charge on any atom is -0.437 e. The molecule has 0 radical (unpaired) electrons. The molecule has 2 rings (SSSR count). The number of aryl methyl sites for hydroxylation is 2. The summed E-state index contributed by atoms with van der Waals surface area (Å²) in [4.78, 5) is 0. The lowest BCUT2D eigenvalue weighted by Gasteiger charge is -2.11. The number of hydrogen-bond acceptors (Lipinski definition) is 4. The fraction of sp³-hybridized carbons (Fsp3) is 0.412. The quantitative estimate of drug-likeness (QED) is 0.910. The van der Waals surface area contributed by atoms with Gasteiger partial charge in [0.05, 0.1) is 5.69 Å². The Morgan fingerprint density at radius 2 is 1.86 bits per heavy atom. The number of hydrogen-bond donors (Lipinski definition) is 1. The van der Waals surface area contributed by atoms with Crippen molar-refractivity contribution in [3.05, 3.63) is 46.6 Å². The van der Waals surface area contributed by atoms with E-state index in [0.29, 0.717) is 18.5 Å². The zero-order valence-corrected chi connectivity index (χ0v) is 13.4. The molecule has 4 heteroatoms. The van der Waals surface area contributed by atoms with E-state index in [1.54, 1.807) is 0 Å². The first-order chi connectivity index (χ1) is 9.95. The summed E-state index contributed by atoms with van der Waals surface area (Å²) in [7, 11) is 0. The van der Waals surface area contributed by atoms with Gasteiger partial charge < -0.3 is 10.1 Å². The molecule has 2 aromatic rings. The fourth-order valence-electron chi connectivity index (χ4n) is 2.02. The minimum absolute atomic E-state index is 0.431. The molecule has 4 nitrogen and oxygen atoms in total. The standard InChI is InChI=1S/C17H23N3O/c1-11(2)18-10-15-6-7-17(20-19-15)21-16-9-12(3)8-13(4)14(16)5/h6-9,11,18H,10H2,1-5H3. The Morgan fingerprint density at radius 3 is 2.48 bits per heavy atom. The minimum atomic E-state index is 0.431. The highest BCUT2D eigenvalue weighted by molar-refractivity contribution is 5.43. The van der Waals surface area contributed by atoms with Crippen molar-refractivity contribution in [3.63, 3.8) is 0 Å². The van der Waals surface area contributed by atoms with E-state index >= 15 is 0 Å². The first kappa shape index (κ1) is 15.4. The summed E-state index contributed by atoms with van der Waals surface area (Å²) in [5, 5.41) is 11.6. The van der Waals surface area contributed by atoms with Gasteiger partial charge >= 0.3 is 0 Å². The van der Waals surface area contributed by atoms with E-state index in [9.17, 15) is 0 Å². The molecule has 1 aromatic carbocycles. The second-order valence-electron chi connectivity index (χ2n) is 5.71. The molecule has 1 aromatic heterocycles. The highest BCUT2D eigenvalue weighted by atomic mass is 16.5. The van der Waals surface area contributed by atoms with Crippen molar-refractivity contribution in [1.29, 1.82) is 0 Å². The van der Waals surface area contributed by atoms with E-state index < -0.39 is 0 Å². The van der Waals surface area contributed by atoms with Crippen molar-refractivity contribution >= 4 is 0 Å². The topological polar surface area (TPSA) is 47.0 Å². The molecule has 0 aliphatic heterocycles. The summed E-state index contributed by atoms with van der Waals surface area (Å²) < 4.78 is 5.86. The normalized spacial score (nSPS) is 11.0. The maximum atomic E-state index is 5.86. The van der Waals surface area contributed by atoms with Crippen LogP contribution < -0.4 is 10.1 Å². The van der Waals surface area contributed by atoms with E-state index in [1.807, 2.05) is 18.2 Å². The average molecular weight is 285 g/mol. The van der Waals surface area contributed by atoms with Crippen LogP contribution in [0.5, 0.6) is 11.6 Å². The third-order valence-corrected chi connectivity index (χ3v) is 3.37. The molecule has 0 atom stereocenters. The third kappa shape index (κ3) is 4.26. The second kappa shape index (κ2) is 6.68. The lowest BCUT2D eigenvalue weighted by atomic mass is 10.1. The molecule has 112 valence electrons. The van der Waals surface area contributed by atoms with Crippen LogP contribution in [-0.2, 0) is 6.54 Å². The monoisotopic (exact) mass is 285 g/mol. The van der Waals surface area contributed by atoms with Gasteiger partial charge in [-0.1, -0.05) is 19.9 Å². The summed E-state index contributed by atoms with van der Waals surface area (Å²) in [5.41, 5.74) is 4.44. The Hall–Kier alpha value is -1.94. The first-order valence-corrected chi connectivity index (χ1v) is 7.27. The van der Waals surface area contributed by atoms with Gasteiger partial charge in [-0.3, -0.25) is 0 Å². The van der Waals surface area contributed by atoms with E-state index in [4.69, 9.17) is 4.74 Å². The highest BCUT2D eigenvalue weighted by Crippen LogP contribution is 2.27. The molecule has 0 amide bonds. The van der Waals surface area contributed by atoms with Crippen LogP contribution in [0.25, 0.3) is 0 Å². The molecule has 0 saturated carbocycles. The number of ether oxygens (including phenoxy) is 1. The number of nitrogens with zero attached hydrogens (tertiary/aromatic N) is 2. The summed E-state index contributed by atoms with van der Waals surface area (Å²) in [6.07, 6.45) is 0. The molecule has 1 N–H and O–H groups in total. The SMILES string of the molecule is Cc1cc(C)c(C)c(Oc2ccc(CNC(C)C)nn2)c1. The lowest BCUT2D eigenvalue weighted by molar-refractivity contribution is 0.448. The van der Waals surface area contributed by atoms with Crippen molar-refractivity contribution in [3.8, 4) is 11.6 Å². The molecule has 1 heterocycles. The molecule has 0 bridgehead atoms. The molecular weight excluding hydrogens is 262 g/mol. The molecule has 0 saturated heterocycles. The molecule has 0 spiro atoms. The van der Waals surface area contributed by atoms with Crippen LogP contribution in [-0.4, -0.2) is 16.2 Å². The van der Waals surface area contributed by atoms with Crippen molar-refractivity contribution in [2.24, 2.45) is 0 Å². The van der Waals surface area contributed by atoms with E-state index in [-0.39, 0.29) is 0 Å². The van der Waals surface area contributed by atoms with Crippen LogP contribution in [0.2, 0.25) is 0 Å². The number of nitrogens with one attached hydrogen (secondary N) is 1. The highest BCUT2D eigenvalue weighted by Gasteiger charge is 2.07. The Balaban J connectivity index is 2.10. The maximum Gasteiger partial charge on any atom is 0.238 e. The molecule has 0 fully saturated rings. The van der Waals surface area contributed by atoms with Crippen molar-refractivity contribution < 1.29 is 4.74 Å². The number of rotatable bonds is 5. The fourth-order valence-corrected chi connectivity index (χ4v) is 2.02. The number of benzene rings is 1. The van der Waals surface area contributed by atoms with Gasteiger partial charge in [-0.25, -0.2) is 0 Å². The summed E-state index contributed by atoms with van der Waals surface area (Å²) in [5.74, 6) is 1.37. The zero-order valence-electron chi connectivity index (χ0n) is 13.4. The maximum absolute atomic E-state index is 5.86. The molecule has 0 unspecified atom stereocenters. The van der Waals surface area contributed by atoms with Crippen LogP contribution in [0.1, 0.15) is 36.2 Å². The van der Waals surface area contributed by atoms with E-state index in [1.165, 1.54) is 11.1 Å². The Labute approximate surface area is 126 Å². The summed E-state index contributed by atoms with van der Waals surface area (Å²) >= 11 is 0. The molecule has 0 aliphatic carbocycles. The Bertz CT molecular complexity index is 606. The van der Waals surface area contributed by atoms with Crippen LogP contribution in [0.4, 0.5) is 0 Å². The summed E-state index contributed by atoms with van der Waals surface area (Å²) in [6.45, 7) is 11.1. The van der Waals surface area contributed by atoms with Gasteiger partial charge in [-0.05, 0) is 49.6 Å². The van der Waals surface area contributed by atoms with Gasteiger partial charge in [-0.2, -0.15) is 5.10 Å². The number of aromatic nitrogens is 2. The van der Waals surface area contributed by atoms with Crippen molar-refractivity contribution in [2.75, 3.05) is 0 Å². The summed E-state index contributed by atoms with van der Waals surface area (Å²) in [6, 6.07) is 8.41. The van der Waals surface area contributed by atoms with Gasteiger partial charge in [-0.15, -0.1) is 5.10 Å². The van der Waals surface area contributed by atoms with E-state index in [0.717, 1.165) is 17.0 Å². The van der Waals surface area contributed by atoms with Gasteiger partial charge in [0.1, 0.15) is 5.75 Å². The smallest absolute Gasteiger partial charge is 0.238 e. The van der Waals surface area contributed by atoms with Gasteiger partial charge in [0.2, 0.25) is 5.88 Å². The second-order valence-corrected chi connectivity index (χ2v) is 5.71. The van der Waals surface area contributed by atoms with Crippen LogP contribution in [0.3, 0.4) is 0 Å². The Kier molecular flexibility index (Phi) is 4.91. The molecule has 21 heavy (non-hydrogen) atoms. The predicted molar refractivity (Wildman–Crippen MR) is 84.7 cm³/mol. The first-order valence-electron chi connectivity index (χ1n) is 7.27. The average Bonchev–Trinajstić information content (AvgIpc) is 2.43. The van der Waals surface area contributed by atoms with Gasteiger partial charge in [0.25, 0.3) is 0 Å². The molecular formula is C17H23N3O. The molecule has 0 aliphatic rings. The Morgan fingerprint density at radius 1 is 1.10 bits per heavy atom. The largest absolute Gasteiger partial charge is 0.437 e. The van der Waals surface area contributed by atoms with E-state index in [2.05, 4.69) is 56.2 Å². The van der Waals surface area contributed by atoms with Crippen molar-refractivity contribution in [1.82, 2.24) is 15.5 Å². The zero-order chi connectivity index (χ0) is 15.4.